The first-order chi connectivity index (χ1) is 4.77. The average Bonchev–Trinajstić information content (AvgIpc) is 1.87. The van der Waals surface area contributed by atoms with Gasteiger partial charge in [-0.25, -0.2) is 0 Å². The monoisotopic (exact) mass is 178 g/mol. The molecule has 0 N–H and O–H groups in total. The summed E-state index contributed by atoms with van der Waals surface area (Å²) in [5, 5.41) is 0. The number of hydrogen-bond acceptors (Lipinski definition) is 2. The molecule has 0 nitrogen and oxygen atoms in total. The van der Waals surface area contributed by atoms with Gasteiger partial charge < -0.3 is 0 Å². The number of hydrogen-bond donors (Lipinski definition) is 0. The summed E-state index contributed by atoms with van der Waals surface area (Å²) in [6.45, 7) is 4.56. The van der Waals surface area contributed by atoms with Crippen molar-refractivity contribution in [1.82, 2.24) is 0 Å². The van der Waals surface area contributed by atoms with E-state index in [2.05, 4.69) is 31.9 Å². The Kier molecular flexibility index (Phi) is 8.35. The summed E-state index contributed by atoms with van der Waals surface area (Å²) in [6, 6.07) is 0. The molecule has 0 rings (SSSR count). The molecule has 0 fully saturated rings. The predicted octanol–water partition coefficient (Wildman–Crippen LogP) is 3.13. The van der Waals surface area contributed by atoms with Crippen LogP contribution >= 0.6 is 23.5 Å². The van der Waals surface area contributed by atoms with Crippen LogP contribution in [0.25, 0.3) is 0 Å². The van der Waals surface area contributed by atoms with E-state index in [0.717, 1.165) is 5.92 Å². The molecule has 62 valence electrons. The second-order valence-electron chi connectivity index (χ2n) is 2.82. The predicted molar refractivity (Wildman–Crippen MR) is 55.2 cm³/mol. The molecule has 0 aromatic heterocycles. The molecule has 10 heavy (non-hydrogen) atoms. The quantitative estimate of drug-likeness (QED) is 0.573. The van der Waals surface area contributed by atoms with Crippen LogP contribution in [0.15, 0.2) is 0 Å². The smallest absolute Gasteiger partial charge is 0.00444 e. The highest BCUT2D eigenvalue weighted by atomic mass is 32.2. The van der Waals surface area contributed by atoms with Crippen molar-refractivity contribution in [2.45, 2.75) is 20.3 Å². The zero-order valence-electron chi connectivity index (χ0n) is 7.22. The van der Waals surface area contributed by atoms with Gasteiger partial charge in [0.15, 0.2) is 0 Å². The molecule has 0 aliphatic rings. The molecule has 0 aliphatic carbocycles. The van der Waals surface area contributed by atoms with Crippen LogP contribution in [0.2, 0.25) is 0 Å². The fourth-order valence-electron chi connectivity index (χ4n) is 0.624. The number of thioether (sulfide) groups is 2. The first-order valence-corrected chi connectivity index (χ1v) is 6.39. The zero-order valence-corrected chi connectivity index (χ0v) is 8.86. The second kappa shape index (κ2) is 7.80. The standard InChI is InChI=1S/C8H18S2/c1-8(2)7-10-6-4-5-9-3/h8H,4-7H2,1-3H3. The van der Waals surface area contributed by atoms with Crippen molar-refractivity contribution in [3.63, 3.8) is 0 Å². The van der Waals surface area contributed by atoms with Crippen LogP contribution in [0.4, 0.5) is 0 Å². The van der Waals surface area contributed by atoms with Gasteiger partial charge in [-0.05, 0) is 35.9 Å². The van der Waals surface area contributed by atoms with Gasteiger partial charge in [0.25, 0.3) is 0 Å². The lowest BCUT2D eigenvalue weighted by Gasteiger charge is -2.02. The highest BCUT2D eigenvalue weighted by molar-refractivity contribution is 7.99. The van der Waals surface area contributed by atoms with Gasteiger partial charge in [-0.1, -0.05) is 13.8 Å². The third-order valence-corrected chi connectivity index (χ3v) is 3.26. The SMILES string of the molecule is CSCCCSCC(C)C. The maximum atomic E-state index is 2.28. The lowest BCUT2D eigenvalue weighted by molar-refractivity contribution is 0.750. The zero-order chi connectivity index (χ0) is 7.82. The van der Waals surface area contributed by atoms with Gasteiger partial charge >= 0.3 is 0 Å². The fourth-order valence-corrected chi connectivity index (χ4v) is 2.23. The molecule has 0 heterocycles. The third-order valence-electron chi connectivity index (χ3n) is 1.09. The normalized spacial score (nSPS) is 10.8. The van der Waals surface area contributed by atoms with Crippen LogP contribution in [0.5, 0.6) is 0 Å². The van der Waals surface area contributed by atoms with E-state index in [0.29, 0.717) is 0 Å². The molecule has 0 radical (unpaired) electrons. The first-order valence-electron chi connectivity index (χ1n) is 3.84. The van der Waals surface area contributed by atoms with Gasteiger partial charge in [0, 0.05) is 0 Å². The Labute approximate surface area is 73.5 Å². The van der Waals surface area contributed by atoms with Crippen molar-refractivity contribution in [2.24, 2.45) is 5.92 Å². The molecule has 0 amide bonds. The number of rotatable bonds is 6. The summed E-state index contributed by atoms with van der Waals surface area (Å²) < 4.78 is 0. The van der Waals surface area contributed by atoms with E-state index in [9.17, 15) is 0 Å². The van der Waals surface area contributed by atoms with E-state index in [1.807, 2.05) is 11.8 Å². The minimum Gasteiger partial charge on any atom is -0.165 e. The largest absolute Gasteiger partial charge is 0.165 e. The highest BCUT2D eigenvalue weighted by Crippen LogP contribution is 2.09. The summed E-state index contributed by atoms with van der Waals surface area (Å²) in [5.41, 5.74) is 0. The maximum Gasteiger partial charge on any atom is -0.00444 e. The Morgan fingerprint density at radius 1 is 1.20 bits per heavy atom. The van der Waals surface area contributed by atoms with E-state index in [1.54, 1.807) is 0 Å². The lowest BCUT2D eigenvalue weighted by Crippen LogP contribution is -1.92. The molecule has 0 aliphatic heterocycles. The minimum atomic E-state index is 0.860. The summed E-state index contributed by atoms with van der Waals surface area (Å²) in [4.78, 5) is 0. The molecule has 0 saturated carbocycles. The van der Waals surface area contributed by atoms with Crippen molar-refractivity contribution in [3.8, 4) is 0 Å². The van der Waals surface area contributed by atoms with Crippen LogP contribution in [0, 0.1) is 5.92 Å². The molecule has 0 saturated heterocycles. The van der Waals surface area contributed by atoms with Crippen molar-refractivity contribution < 1.29 is 0 Å². The third kappa shape index (κ3) is 8.70. The Balaban J connectivity index is 2.77. The Bertz CT molecular complexity index is 62.3. The Morgan fingerprint density at radius 2 is 1.90 bits per heavy atom. The van der Waals surface area contributed by atoms with Gasteiger partial charge in [-0.2, -0.15) is 23.5 Å². The van der Waals surface area contributed by atoms with Crippen LogP contribution < -0.4 is 0 Å². The van der Waals surface area contributed by atoms with Crippen LogP contribution in [-0.4, -0.2) is 23.5 Å². The topological polar surface area (TPSA) is 0 Å². The van der Waals surface area contributed by atoms with E-state index < -0.39 is 0 Å². The second-order valence-corrected chi connectivity index (χ2v) is 4.95. The van der Waals surface area contributed by atoms with Gasteiger partial charge in [0.05, 0.1) is 0 Å². The summed E-state index contributed by atoms with van der Waals surface area (Å²) >= 11 is 4.04. The molecule has 0 spiro atoms. The molecule has 0 aromatic carbocycles. The highest BCUT2D eigenvalue weighted by Gasteiger charge is 1.92. The lowest BCUT2D eigenvalue weighted by atomic mass is 10.3. The molecule has 0 unspecified atom stereocenters. The van der Waals surface area contributed by atoms with E-state index in [-0.39, 0.29) is 0 Å². The van der Waals surface area contributed by atoms with Crippen molar-refractivity contribution in [3.05, 3.63) is 0 Å². The minimum absolute atomic E-state index is 0.860. The van der Waals surface area contributed by atoms with E-state index >= 15 is 0 Å². The summed E-state index contributed by atoms with van der Waals surface area (Å²) in [5.74, 6) is 4.86. The molecule has 0 aromatic rings. The summed E-state index contributed by atoms with van der Waals surface area (Å²) in [6.07, 6.45) is 3.55. The average molecular weight is 178 g/mol. The van der Waals surface area contributed by atoms with Crippen molar-refractivity contribution in [1.29, 1.82) is 0 Å². The van der Waals surface area contributed by atoms with E-state index in [4.69, 9.17) is 0 Å². The fraction of sp³-hybridized carbons (Fsp3) is 1.00. The molecular weight excluding hydrogens is 160 g/mol. The molecular formula is C8H18S2. The van der Waals surface area contributed by atoms with Crippen molar-refractivity contribution in [2.75, 3.05) is 23.5 Å². The maximum absolute atomic E-state index is 2.28. The Hall–Kier alpha value is 0.700. The molecule has 2 heteroatoms. The van der Waals surface area contributed by atoms with Crippen LogP contribution in [0.3, 0.4) is 0 Å². The molecule has 0 atom stereocenters. The van der Waals surface area contributed by atoms with Gasteiger partial charge in [-0.15, -0.1) is 0 Å². The van der Waals surface area contributed by atoms with E-state index in [1.165, 1.54) is 23.7 Å². The summed E-state index contributed by atoms with van der Waals surface area (Å²) in [7, 11) is 0. The first kappa shape index (κ1) is 10.7. The van der Waals surface area contributed by atoms with Gasteiger partial charge in [0.1, 0.15) is 0 Å². The van der Waals surface area contributed by atoms with Gasteiger partial charge in [0.2, 0.25) is 0 Å². The van der Waals surface area contributed by atoms with Gasteiger partial charge in [-0.3, -0.25) is 0 Å². The van der Waals surface area contributed by atoms with Crippen LogP contribution in [0.1, 0.15) is 20.3 Å². The Morgan fingerprint density at radius 3 is 2.40 bits per heavy atom. The van der Waals surface area contributed by atoms with Crippen molar-refractivity contribution >= 4 is 23.5 Å². The van der Waals surface area contributed by atoms with Crippen LogP contribution in [-0.2, 0) is 0 Å². The molecule has 0 bridgehead atoms.